The highest BCUT2D eigenvalue weighted by Gasteiger charge is 2.18. The van der Waals surface area contributed by atoms with Gasteiger partial charge in [0.05, 0.1) is 0 Å². The van der Waals surface area contributed by atoms with E-state index < -0.39 is 0 Å². The lowest BCUT2D eigenvalue weighted by Gasteiger charge is -2.32. The fraction of sp³-hybridized carbons (Fsp3) is 0.533. The number of rotatable bonds is 2. The molecule has 0 spiro atoms. The first kappa shape index (κ1) is 12.9. The van der Waals surface area contributed by atoms with Crippen molar-refractivity contribution in [2.75, 3.05) is 20.1 Å². The summed E-state index contributed by atoms with van der Waals surface area (Å²) < 4.78 is 0. The first-order valence-corrected chi connectivity index (χ1v) is 6.73. The fourth-order valence-electron chi connectivity index (χ4n) is 2.30. The molecule has 1 aliphatic heterocycles. The summed E-state index contributed by atoms with van der Waals surface area (Å²) in [5.74, 6) is 1.66. The molecule has 0 fully saturated rings. The predicted molar refractivity (Wildman–Crippen MR) is 76.8 cm³/mol. The van der Waals surface area contributed by atoms with Crippen molar-refractivity contribution in [2.24, 2.45) is 10.9 Å². The molecule has 0 aliphatic carbocycles. The van der Waals surface area contributed by atoms with Crippen molar-refractivity contribution in [3.05, 3.63) is 35.4 Å². The zero-order valence-corrected chi connectivity index (χ0v) is 11.6. The normalized spacial score (nSPS) is 15.8. The average Bonchev–Trinajstić information content (AvgIpc) is 2.39. The molecule has 0 bridgehead atoms. The van der Waals surface area contributed by atoms with Crippen LogP contribution in [-0.4, -0.2) is 31.0 Å². The van der Waals surface area contributed by atoms with Gasteiger partial charge in [0.25, 0.3) is 0 Å². The number of aliphatic imine (C=N–C) groups is 1. The Morgan fingerprint density at radius 2 is 2.06 bits per heavy atom. The first-order valence-electron chi connectivity index (χ1n) is 6.73. The molecule has 98 valence electrons. The maximum absolute atomic E-state index is 4.39. The highest BCUT2D eigenvalue weighted by Crippen LogP contribution is 2.18. The summed E-state index contributed by atoms with van der Waals surface area (Å²) in [6.07, 6.45) is 1.11. The van der Waals surface area contributed by atoms with E-state index in [1.807, 2.05) is 7.05 Å². The largest absolute Gasteiger partial charge is 0.356 e. The second-order valence-corrected chi connectivity index (χ2v) is 5.26. The van der Waals surface area contributed by atoms with Gasteiger partial charge >= 0.3 is 0 Å². The molecule has 0 saturated heterocycles. The lowest BCUT2D eigenvalue weighted by molar-refractivity contribution is 0.376. The predicted octanol–water partition coefficient (Wildman–Crippen LogP) is 2.28. The molecule has 3 nitrogen and oxygen atoms in total. The number of guanidine groups is 1. The van der Waals surface area contributed by atoms with Gasteiger partial charge < -0.3 is 10.2 Å². The van der Waals surface area contributed by atoms with Crippen LogP contribution in [0.4, 0.5) is 0 Å². The third-order valence-corrected chi connectivity index (χ3v) is 3.31. The Kier molecular flexibility index (Phi) is 4.24. The van der Waals surface area contributed by atoms with Crippen LogP contribution in [0.1, 0.15) is 25.0 Å². The Hall–Kier alpha value is -1.51. The Morgan fingerprint density at radius 3 is 2.72 bits per heavy atom. The standard InChI is InChI=1S/C15H23N3/c1-12(2)10-17-15(16-3)18-9-8-13-6-4-5-7-14(13)11-18/h4-7,12H,8-11H2,1-3H3,(H,16,17). The molecule has 1 N–H and O–H groups in total. The van der Waals surface area contributed by atoms with E-state index >= 15 is 0 Å². The number of hydrogen-bond donors (Lipinski definition) is 1. The van der Waals surface area contributed by atoms with Gasteiger partial charge in [0, 0.05) is 26.7 Å². The monoisotopic (exact) mass is 245 g/mol. The molecule has 0 unspecified atom stereocenters. The highest BCUT2D eigenvalue weighted by molar-refractivity contribution is 5.80. The van der Waals surface area contributed by atoms with E-state index in [1.165, 1.54) is 11.1 Å². The SMILES string of the molecule is CN=C(NCC(C)C)N1CCc2ccccc2C1. The van der Waals surface area contributed by atoms with Crippen molar-refractivity contribution in [1.82, 2.24) is 10.2 Å². The minimum absolute atomic E-state index is 0.638. The Morgan fingerprint density at radius 1 is 1.33 bits per heavy atom. The zero-order valence-electron chi connectivity index (χ0n) is 11.6. The molecule has 0 amide bonds. The van der Waals surface area contributed by atoms with E-state index in [0.29, 0.717) is 5.92 Å². The molecule has 1 heterocycles. The quantitative estimate of drug-likeness (QED) is 0.639. The van der Waals surface area contributed by atoms with Crippen LogP contribution >= 0.6 is 0 Å². The Labute approximate surface area is 110 Å². The molecule has 2 rings (SSSR count). The molecule has 3 heteroatoms. The third kappa shape index (κ3) is 3.03. The molecular formula is C15H23N3. The lowest BCUT2D eigenvalue weighted by atomic mass is 10.0. The van der Waals surface area contributed by atoms with Crippen molar-refractivity contribution in [3.8, 4) is 0 Å². The fourth-order valence-corrected chi connectivity index (χ4v) is 2.30. The van der Waals surface area contributed by atoms with Gasteiger partial charge in [-0.3, -0.25) is 4.99 Å². The molecule has 1 aromatic carbocycles. The Bertz CT molecular complexity index is 424. The van der Waals surface area contributed by atoms with Crippen molar-refractivity contribution in [1.29, 1.82) is 0 Å². The van der Waals surface area contributed by atoms with Crippen LogP contribution in [0.25, 0.3) is 0 Å². The van der Waals surface area contributed by atoms with Gasteiger partial charge in [-0.1, -0.05) is 38.1 Å². The second kappa shape index (κ2) is 5.89. The van der Waals surface area contributed by atoms with Crippen molar-refractivity contribution < 1.29 is 0 Å². The van der Waals surface area contributed by atoms with Crippen LogP contribution in [0.3, 0.4) is 0 Å². The van der Waals surface area contributed by atoms with Gasteiger partial charge in [0.2, 0.25) is 0 Å². The van der Waals surface area contributed by atoms with Gasteiger partial charge in [-0.15, -0.1) is 0 Å². The van der Waals surface area contributed by atoms with Gasteiger partial charge in [0.15, 0.2) is 5.96 Å². The van der Waals surface area contributed by atoms with E-state index in [-0.39, 0.29) is 0 Å². The molecule has 1 aromatic rings. The lowest BCUT2D eigenvalue weighted by Crippen LogP contribution is -2.45. The van der Waals surface area contributed by atoms with Crippen LogP contribution in [0.15, 0.2) is 29.3 Å². The van der Waals surface area contributed by atoms with E-state index in [2.05, 4.69) is 53.3 Å². The number of hydrogen-bond acceptors (Lipinski definition) is 1. The van der Waals surface area contributed by atoms with Crippen molar-refractivity contribution in [2.45, 2.75) is 26.8 Å². The summed E-state index contributed by atoms with van der Waals surface area (Å²) in [6, 6.07) is 8.70. The van der Waals surface area contributed by atoms with Gasteiger partial charge in [-0.2, -0.15) is 0 Å². The number of nitrogens with zero attached hydrogens (tertiary/aromatic N) is 2. The molecular weight excluding hydrogens is 222 g/mol. The van der Waals surface area contributed by atoms with Crippen molar-refractivity contribution in [3.63, 3.8) is 0 Å². The molecule has 0 atom stereocenters. The maximum atomic E-state index is 4.39. The highest BCUT2D eigenvalue weighted by atomic mass is 15.3. The molecule has 1 aliphatic rings. The smallest absolute Gasteiger partial charge is 0.193 e. The topological polar surface area (TPSA) is 27.6 Å². The summed E-state index contributed by atoms with van der Waals surface area (Å²) in [7, 11) is 1.86. The van der Waals surface area contributed by atoms with E-state index in [1.54, 1.807) is 0 Å². The van der Waals surface area contributed by atoms with Crippen molar-refractivity contribution >= 4 is 5.96 Å². The summed E-state index contributed by atoms with van der Waals surface area (Å²) >= 11 is 0. The minimum atomic E-state index is 0.638. The van der Waals surface area contributed by atoms with Crippen LogP contribution in [0.5, 0.6) is 0 Å². The first-order chi connectivity index (χ1) is 8.70. The van der Waals surface area contributed by atoms with Crippen LogP contribution < -0.4 is 5.32 Å². The zero-order chi connectivity index (χ0) is 13.0. The van der Waals surface area contributed by atoms with Crippen LogP contribution in [0, 0.1) is 5.92 Å². The van der Waals surface area contributed by atoms with Gasteiger partial charge in [-0.25, -0.2) is 0 Å². The number of benzene rings is 1. The summed E-state index contributed by atoms with van der Waals surface area (Å²) in [6.45, 7) is 7.42. The van der Waals surface area contributed by atoms with Gasteiger partial charge in [-0.05, 0) is 23.5 Å². The van der Waals surface area contributed by atoms with E-state index in [0.717, 1.165) is 32.0 Å². The number of fused-ring (bicyclic) bond motifs is 1. The maximum Gasteiger partial charge on any atom is 0.193 e. The van der Waals surface area contributed by atoms with Crippen LogP contribution in [0.2, 0.25) is 0 Å². The molecule has 0 saturated carbocycles. The summed E-state index contributed by atoms with van der Waals surface area (Å²) in [5.41, 5.74) is 2.91. The van der Waals surface area contributed by atoms with E-state index in [9.17, 15) is 0 Å². The third-order valence-electron chi connectivity index (χ3n) is 3.31. The summed E-state index contributed by atoms with van der Waals surface area (Å²) in [4.78, 5) is 6.73. The van der Waals surface area contributed by atoms with Crippen LogP contribution in [-0.2, 0) is 13.0 Å². The molecule has 0 aromatic heterocycles. The average molecular weight is 245 g/mol. The van der Waals surface area contributed by atoms with Gasteiger partial charge in [0.1, 0.15) is 0 Å². The minimum Gasteiger partial charge on any atom is -0.356 e. The Balaban J connectivity index is 2.03. The summed E-state index contributed by atoms with van der Waals surface area (Å²) in [5, 5.41) is 3.45. The van der Waals surface area contributed by atoms with E-state index in [4.69, 9.17) is 0 Å². The molecule has 18 heavy (non-hydrogen) atoms. The number of nitrogens with one attached hydrogen (secondary N) is 1. The molecule has 0 radical (unpaired) electrons. The second-order valence-electron chi connectivity index (χ2n) is 5.26.